The van der Waals surface area contributed by atoms with Crippen molar-refractivity contribution in [3.8, 4) is 0 Å². The van der Waals surface area contributed by atoms with Crippen LogP contribution < -0.4 is 0 Å². The van der Waals surface area contributed by atoms with E-state index in [1.54, 1.807) is 19.9 Å². The number of nitro benzene ring substituents is 1. The van der Waals surface area contributed by atoms with E-state index in [9.17, 15) is 25.1 Å². The number of likely N-dealkylation sites (N-methyl/N-ethyl adjacent to an activating group) is 1. The molecule has 21 heavy (non-hydrogen) atoms. The van der Waals surface area contributed by atoms with E-state index in [1.165, 1.54) is 12.1 Å². The van der Waals surface area contributed by atoms with E-state index in [-0.39, 0.29) is 12.1 Å². The van der Waals surface area contributed by atoms with Gasteiger partial charge in [-0.15, -0.1) is 0 Å². The largest absolute Gasteiger partial charge is 0.477 e. The fourth-order valence-electron chi connectivity index (χ4n) is 2.19. The van der Waals surface area contributed by atoms with Crippen molar-refractivity contribution in [2.45, 2.75) is 32.9 Å². The molecule has 0 aromatic heterocycles. The molecule has 1 rings (SSSR count). The van der Waals surface area contributed by atoms with Gasteiger partial charge in [0, 0.05) is 19.2 Å². The Balaban J connectivity index is 3.15. The van der Waals surface area contributed by atoms with Gasteiger partial charge in [0.25, 0.3) is 5.69 Å². The minimum atomic E-state index is -1.32. The molecule has 0 unspecified atom stereocenters. The van der Waals surface area contributed by atoms with Crippen LogP contribution in [-0.4, -0.2) is 44.7 Å². The van der Waals surface area contributed by atoms with Crippen LogP contribution in [0.15, 0.2) is 18.2 Å². The summed E-state index contributed by atoms with van der Waals surface area (Å²) in [6.45, 7) is 6.34. The summed E-state index contributed by atoms with van der Waals surface area (Å²) in [6, 6.07) is 4.21. The molecule has 7 heteroatoms. The van der Waals surface area contributed by atoms with Gasteiger partial charge in [0.15, 0.2) is 0 Å². The third-order valence-corrected chi connectivity index (χ3v) is 2.99. The van der Waals surface area contributed by atoms with Gasteiger partial charge in [-0.05, 0) is 26.0 Å². The zero-order valence-electron chi connectivity index (χ0n) is 12.4. The number of benzene rings is 1. The van der Waals surface area contributed by atoms with Crippen LogP contribution >= 0.6 is 0 Å². The minimum absolute atomic E-state index is 0.226. The maximum atomic E-state index is 11.3. The summed E-state index contributed by atoms with van der Waals surface area (Å²) in [4.78, 5) is 23.4. The molecular formula is C14H20N2O5. The van der Waals surface area contributed by atoms with Gasteiger partial charge in [-0.3, -0.25) is 15.0 Å². The van der Waals surface area contributed by atoms with Gasteiger partial charge >= 0.3 is 5.97 Å². The fourth-order valence-corrected chi connectivity index (χ4v) is 2.19. The summed E-state index contributed by atoms with van der Waals surface area (Å²) >= 11 is 0. The van der Waals surface area contributed by atoms with Gasteiger partial charge in [-0.1, -0.05) is 19.1 Å². The number of hydrogen-bond acceptors (Lipinski definition) is 5. The first-order chi connectivity index (χ1) is 9.65. The van der Waals surface area contributed by atoms with Gasteiger partial charge in [-0.25, -0.2) is 4.79 Å². The molecular weight excluding hydrogens is 276 g/mol. The lowest BCUT2D eigenvalue weighted by Crippen LogP contribution is -2.38. The molecule has 0 saturated carbocycles. The number of rotatable bonds is 7. The van der Waals surface area contributed by atoms with Crippen LogP contribution in [-0.2, 0) is 6.54 Å². The van der Waals surface area contributed by atoms with Crippen molar-refractivity contribution >= 4 is 11.7 Å². The Kier molecular flexibility index (Phi) is 5.40. The molecule has 1 aromatic carbocycles. The lowest BCUT2D eigenvalue weighted by Gasteiger charge is -2.28. The highest BCUT2D eigenvalue weighted by Crippen LogP contribution is 2.24. The molecule has 116 valence electrons. The molecule has 1 aromatic rings. The highest BCUT2D eigenvalue weighted by atomic mass is 16.6. The van der Waals surface area contributed by atoms with Gasteiger partial charge < -0.3 is 10.2 Å². The average molecular weight is 296 g/mol. The fraction of sp³-hybridized carbons (Fsp3) is 0.500. The van der Waals surface area contributed by atoms with Crippen molar-refractivity contribution in [1.29, 1.82) is 0 Å². The topological polar surface area (TPSA) is 104 Å². The molecule has 0 spiro atoms. The predicted molar refractivity (Wildman–Crippen MR) is 77.3 cm³/mol. The highest BCUT2D eigenvalue weighted by Gasteiger charge is 2.25. The first kappa shape index (κ1) is 17.1. The standard InChI is InChI=1S/C14H20N2O5/c1-4-15(9-14(2,3)19)8-10-6-5-7-11(16(20)21)12(10)13(17)18/h5-7,19H,4,8-9H2,1-3H3,(H,17,18). The molecule has 2 N–H and O–H groups in total. The van der Waals surface area contributed by atoms with Crippen LogP contribution in [0, 0.1) is 10.1 Å². The van der Waals surface area contributed by atoms with E-state index >= 15 is 0 Å². The highest BCUT2D eigenvalue weighted by molar-refractivity contribution is 5.94. The van der Waals surface area contributed by atoms with Gasteiger partial charge in [0.1, 0.15) is 5.56 Å². The minimum Gasteiger partial charge on any atom is -0.477 e. The normalized spacial score (nSPS) is 11.7. The third kappa shape index (κ3) is 4.80. The van der Waals surface area contributed by atoms with Crippen molar-refractivity contribution in [2.75, 3.05) is 13.1 Å². The molecule has 0 fully saturated rings. The van der Waals surface area contributed by atoms with Crippen molar-refractivity contribution in [3.05, 3.63) is 39.4 Å². The van der Waals surface area contributed by atoms with Crippen LogP contribution in [0.2, 0.25) is 0 Å². The average Bonchev–Trinajstić information content (AvgIpc) is 2.35. The molecule has 0 aliphatic rings. The molecule has 0 aliphatic carbocycles. The second-order valence-electron chi connectivity index (χ2n) is 5.49. The van der Waals surface area contributed by atoms with Crippen LogP contribution in [0.5, 0.6) is 0 Å². The van der Waals surface area contributed by atoms with Crippen molar-refractivity contribution in [2.24, 2.45) is 0 Å². The Morgan fingerprint density at radius 1 is 1.43 bits per heavy atom. The molecule has 0 saturated heterocycles. The smallest absolute Gasteiger partial charge is 0.343 e. The Bertz CT molecular complexity index is 537. The monoisotopic (exact) mass is 296 g/mol. The summed E-state index contributed by atoms with van der Waals surface area (Å²) in [5.41, 5.74) is -1.28. The van der Waals surface area contributed by atoms with Crippen molar-refractivity contribution in [3.63, 3.8) is 0 Å². The summed E-state index contributed by atoms with van der Waals surface area (Å²) in [6.07, 6.45) is 0. The number of hydrogen-bond donors (Lipinski definition) is 2. The first-order valence-corrected chi connectivity index (χ1v) is 6.60. The van der Waals surface area contributed by atoms with Crippen LogP contribution in [0.1, 0.15) is 36.7 Å². The van der Waals surface area contributed by atoms with E-state index in [2.05, 4.69) is 0 Å². The Labute approximate surface area is 123 Å². The van der Waals surface area contributed by atoms with E-state index in [0.717, 1.165) is 0 Å². The maximum Gasteiger partial charge on any atom is 0.343 e. The Hall–Kier alpha value is -1.99. The van der Waals surface area contributed by atoms with E-state index < -0.39 is 22.2 Å². The molecule has 0 aliphatic heterocycles. The predicted octanol–water partition coefficient (Wildman–Crippen LogP) is 1.89. The summed E-state index contributed by atoms with van der Waals surface area (Å²) in [5, 5.41) is 30.0. The molecule has 0 atom stereocenters. The zero-order chi connectivity index (χ0) is 16.2. The first-order valence-electron chi connectivity index (χ1n) is 6.60. The molecule has 0 heterocycles. The summed E-state index contributed by atoms with van der Waals surface area (Å²) in [5.74, 6) is -1.32. The number of carboxylic acids is 1. The number of aliphatic hydroxyl groups is 1. The van der Waals surface area contributed by atoms with Crippen LogP contribution in [0.25, 0.3) is 0 Å². The van der Waals surface area contributed by atoms with Gasteiger partial charge in [0.05, 0.1) is 10.5 Å². The second-order valence-corrected chi connectivity index (χ2v) is 5.49. The molecule has 0 amide bonds. The van der Waals surface area contributed by atoms with Crippen LogP contribution in [0.3, 0.4) is 0 Å². The van der Waals surface area contributed by atoms with E-state index in [4.69, 9.17) is 0 Å². The van der Waals surface area contributed by atoms with E-state index in [1.807, 2.05) is 11.8 Å². The summed E-state index contributed by atoms with van der Waals surface area (Å²) in [7, 11) is 0. The quantitative estimate of drug-likeness (QED) is 0.588. The Morgan fingerprint density at radius 3 is 2.48 bits per heavy atom. The van der Waals surface area contributed by atoms with E-state index in [0.29, 0.717) is 18.7 Å². The molecule has 0 bridgehead atoms. The molecule has 0 radical (unpaired) electrons. The second kappa shape index (κ2) is 6.64. The number of aromatic carboxylic acids is 1. The third-order valence-electron chi connectivity index (χ3n) is 2.99. The van der Waals surface area contributed by atoms with Crippen molar-refractivity contribution in [1.82, 2.24) is 4.90 Å². The van der Waals surface area contributed by atoms with Crippen molar-refractivity contribution < 1.29 is 19.9 Å². The number of carboxylic acid groups (broad SMARTS) is 1. The number of nitro groups is 1. The number of carbonyl (C=O) groups is 1. The van der Waals surface area contributed by atoms with Gasteiger partial charge in [-0.2, -0.15) is 0 Å². The SMILES string of the molecule is CCN(Cc1cccc([N+](=O)[O-])c1C(=O)O)CC(C)(C)O. The number of nitrogens with zero attached hydrogens (tertiary/aromatic N) is 2. The summed E-state index contributed by atoms with van der Waals surface area (Å²) < 4.78 is 0. The zero-order valence-corrected chi connectivity index (χ0v) is 12.4. The molecule has 7 nitrogen and oxygen atoms in total. The van der Waals surface area contributed by atoms with Crippen LogP contribution in [0.4, 0.5) is 5.69 Å². The Morgan fingerprint density at radius 2 is 2.05 bits per heavy atom. The van der Waals surface area contributed by atoms with Gasteiger partial charge in [0.2, 0.25) is 0 Å². The maximum absolute atomic E-state index is 11.3. The lowest BCUT2D eigenvalue weighted by atomic mass is 10.0. The lowest BCUT2D eigenvalue weighted by molar-refractivity contribution is -0.385.